The largest absolute Gasteiger partial charge is 0.370 e. The second-order valence-electron chi connectivity index (χ2n) is 3.93. The zero-order valence-corrected chi connectivity index (χ0v) is 13.6. The van der Waals surface area contributed by atoms with Crippen LogP contribution in [0.2, 0.25) is 0 Å². The van der Waals surface area contributed by atoms with Gasteiger partial charge in [0.05, 0.1) is 15.4 Å². The summed E-state index contributed by atoms with van der Waals surface area (Å²) in [4.78, 5) is 2.13. The number of anilines is 1. The number of hydrogen-bond donors (Lipinski definition) is 0. The van der Waals surface area contributed by atoms with E-state index in [1.54, 1.807) is 11.3 Å². The molecular formula is C13H10Br2N2S. The second-order valence-corrected chi connectivity index (χ2v) is 7.13. The molecule has 0 radical (unpaired) electrons. The number of benzene rings is 1. The highest BCUT2D eigenvalue weighted by molar-refractivity contribution is 9.11. The lowest BCUT2D eigenvalue weighted by Crippen LogP contribution is -2.15. The van der Waals surface area contributed by atoms with Gasteiger partial charge in [0.25, 0.3) is 0 Å². The SMILES string of the molecule is CN(Cc1csc(Br)c1)c1cc(Br)cc(C#N)c1. The number of nitriles is 1. The van der Waals surface area contributed by atoms with Crippen molar-refractivity contribution in [3.63, 3.8) is 0 Å². The maximum atomic E-state index is 8.97. The lowest BCUT2D eigenvalue weighted by molar-refractivity contribution is 0.926. The van der Waals surface area contributed by atoms with E-state index in [9.17, 15) is 0 Å². The number of rotatable bonds is 3. The van der Waals surface area contributed by atoms with Crippen LogP contribution in [0, 0.1) is 11.3 Å². The molecule has 5 heteroatoms. The van der Waals surface area contributed by atoms with Gasteiger partial charge in [-0.3, -0.25) is 0 Å². The molecule has 0 unspecified atom stereocenters. The third-order valence-electron chi connectivity index (χ3n) is 2.49. The summed E-state index contributed by atoms with van der Waals surface area (Å²) in [6.07, 6.45) is 0. The fraction of sp³-hybridized carbons (Fsp3) is 0.154. The minimum absolute atomic E-state index is 0.665. The Labute approximate surface area is 127 Å². The Morgan fingerprint density at radius 1 is 1.28 bits per heavy atom. The summed E-state index contributed by atoms with van der Waals surface area (Å²) in [5.74, 6) is 0. The Morgan fingerprint density at radius 2 is 2.06 bits per heavy atom. The van der Waals surface area contributed by atoms with Crippen molar-refractivity contribution in [3.8, 4) is 6.07 Å². The smallest absolute Gasteiger partial charge is 0.0992 e. The van der Waals surface area contributed by atoms with Gasteiger partial charge in [0.2, 0.25) is 0 Å². The normalized spacial score (nSPS) is 10.1. The van der Waals surface area contributed by atoms with Crippen LogP contribution < -0.4 is 4.90 Å². The van der Waals surface area contributed by atoms with E-state index in [0.29, 0.717) is 5.56 Å². The van der Waals surface area contributed by atoms with E-state index in [1.165, 1.54) is 5.56 Å². The molecule has 0 N–H and O–H groups in total. The molecule has 2 nitrogen and oxygen atoms in total. The van der Waals surface area contributed by atoms with Crippen LogP contribution in [0.4, 0.5) is 5.69 Å². The lowest BCUT2D eigenvalue weighted by atomic mass is 10.2. The Kier molecular flexibility index (Phi) is 4.44. The first-order valence-corrected chi connectivity index (χ1v) is 7.70. The van der Waals surface area contributed by atoms with E-state index < -0.39 is 0 Å². The zero-order chi connectivity index (χ0) is 13.1. The third-order valence-corrected chi connectivity index (χ3v) is 4.51. The summed E-state index contributed by atoms with van der Waals surface area (Å²) < 4.78 is 2.06. The standard InChI is InChI=1S/C13H10Br2N2S/c1-17(7-10-4-13(15)18-8-10)12-3-9(6-16)2-11(14)5-12/h2-5,8H,7H2,1H3. The maximum absolute atomic E-state index is 8.97. The van der Waals surface area contributed by atoms with Crippen LogP contribution in [-0.2, 0) is 6.54 Å². The first-order chi connectivity index (χ1) is 8.58. The summed E-state index contributed by atoms with van der Waals surface area (Å²) in [6.45, 7) is 0.823. The second kappa shape index (κ2) is 5.87. The van der Waals surface area contributed by atoms with Crippen molar-refractivity contribution in [2.24, 2.45) is 0 Å². The van der Waals surface area contributed by atoms with Gasteiger partial charge in [0.15, 0.2) is 0 Å². The molecule has 92 valence electrons. The monoisotopic (exact) mass is 384 g/mol. The molecule has 0 saturated heterocycles. The molecule has 0 atom stereocenters. The molecule has 0 aliphatic rings. The van der Waals surface area contributed by atoms with E-state index in [1.807, 2.05) is 25.2 Å². The van der Waals surface area contributed by atoms with Crippen molar-refractivity contribution in [3.05, 3.63) is 49.0 Å². The minimum atomic E-state index is 0.665. The van der Waals surface area contributed by atoms with Crippen molar-refractivity contribution >= 4 is 48.9 Å². The third kappa shape index (κ3) is 3.35. The topological polar surface area (TPSA) is 27.0 Å². The van der Waals surface area contributed by atoms with E-state index in [4.69, 9.17) is 5.26 Å². The summed E-state index contributed by atoms with van der Waals surface area (Å²) in [7, 11) is 2.02. The molecule has 2 aromatic rings. The number of thiophene rings is 1. The Bertz CT molecular complexity index is 601. The van der Waals surface area contributed by atoms with Gasteiger partial charge in [-0.15, -0.1) is 11.3 Å². The van der Waals surface area contributed by atoms with Crippen molar-refractivity contribution in [1.29, 1.82) is 5.26 Å². The van der Waals surface area contributed by atoms with Gasteiger partial charge in [0, 0.05) is 23.8 Å². The maximum Gasteiger partial charge on any atom is 0.0992 e. The van der Waals surface area contributed by atoms with Gasteiger partial charge in [-0.25, -0.2) is 0 Å². The lowest BCUT2D eigenvalue weighted by Gasteiger charge is -2.19. The van der Waals surface area contributed by atoms with E-state index >= 15 is 0 Å². The van der Waals surface area contributed by atoms with Gasteiger partial charge in [-0.1, -0.05) is 15.9 Å². The minimum Gasteiger partial charge on any atom is -0.370 e. The highest BCUT2D eigenvalue weighted by Crippen LogP contribution is 2.25. The Hall–Kier alpha value is -0.830. The molecule has 1 aromatic carbocycles. The fourth-order valence-electron chi connectivity index (χ4n) is 1.65. The van der Waals surface area contributed by atoms with Gasteiger partial charge >= 0.3 is 0 Å². The molecule has 0 bridgehead atoms. The predicted octanol–water partition coefficient (Wildman–Crippen LogP) is 4.78. The average molecular weight is 386 g/mol. The quantitative estimate of drug-likeness (QED) is 0.759. The van der Waals surface area contributed by atoms with Crippen molar-refractivity contribution in [2.75, 3.05) is 11.9 Å². The predicted molar refractivity (Wildman–Crippen MR) is 83.0 cm³/mol. The first kappa shape index (κ1) is 13.6. The van der Waals surface area contributed by atoms with Crippen LogP contribution >= 0.6 is 43.2 Å². The van der Waals surface area contributed by atoms with Gasteiger partial charge < -0.3 is 4.90 Å². The molecule has 0 fully saturated rings. The first-order valence-electron chi connectivity index (χ1n) is 5.23. The Morgan fingerprint density at radius 3 is 2.67 bits per heavy atom. The van der Waals surface area contributed by atoms with Gasteiger partial charge in [-0.2, -0.15) is 5.26 Å². The Balaban J connectivity index is 2.21. The molecule has 0 spiro atoms. The number of halogens is 2. The van der Waals surface area contributed by atoms with E-state index in [2.05, 4.69) is 54.3 Å². The fourth-order valence-corrected chi connectivity index (χ4v) is 3.33. The molecule has 1 heterocycles. The van der Waals surface area contributed by atoms with Crippen LogP contribution in [0.15, 0.2) is 37.9 Å². The number of nitrogens with zero attached hydrogens (tertiary/aromatic N) is 2. The van der Waals surface area contributed by atoms with Crippen LogP contribution in [0.5, 0.6) is 0 Å². The zero-order valence-electron chi connectivity index (χ0n) is 9.65. The summed E-state index contributed by atoms with van der Waals surface area (Å²) in [5, 5.41) is 11.1. The summed E-state index contributed by atoms with van der Waals surface area (Å²) in [5.41, 5.74) is 2.95. The van der Waals surface area contributed by atoms with Crippen LogP contribution in [0.3, 0.4) is 0 Å². The van der Waals surface area contributed by atoms with Gasteiger partial charge in [-0.05, 0) is 51.1 Å². The van der Waals surface area contributed by atoms with Crippen molar-refractivity contribution in [2.45, 2.75) is 6.54 Å². The molecule has 0 aliphatic heterocycles. The average Bonchev–Trinajstić information content (AvgIpc) is 2.73. The highest BCUT2D eigenvalue weighted by atomic mass is 79.9. The molecule has 1 aromatic heterocycles. The molecular weight excluding hydrogens is 376 g/mol. The molecule has 0 saturated carbocycles. The van der Waals surface area contributed by atoms with Crippen LogP contribution in [-0.4, -0.2) is 7.05 Å². The molecule has 0 amide bonds. The van der Waals surface area contributed by atoms with E-state index in [0.717, 1.165) is 20.5 Å². The van der Waals surface area contributed by atoms with Crippen LogP contribution in [0.25, 0.3) is 0 Å². The summed E-state index contributed by atoms with van der Waals surface area (Å²) in [6, 6.07) is 10.0. The van der Waals surface area contributed by atoms with Crippen molar-refractivity contribution < 1.29 is 0 Å². The molecule has 18 heavy (non-hydrogen) atoms. The van der Waals surface area contributed by atoms with Crippen molar-refractivity contribution in [1.82, 2.24) is 0 Å². The highest BCUT2D eigenvalue weighted by Gasteiger charge is 2.06. The molecule has 0 aliphatic carbocycles. The number of hydrogen-bond acceptors (Lipinski definition) is 3. The molecule has 2 rings (SSSR count). The van der Waals surface area contributed by atoms with Crippen LogP contribution in [0.1, 0.15) is 11.1 Å². The summed E-state index contributed by atoms with van der Waals surface area (Å²) >= 11 is 8.57. The van der Waals surface area contributed by atoms with E-state index in [-0.39, 0.29) is 0 Å². The van der Waals surface area contributed by atoms with Gasteiger partial charge in [0.1, 0.15) is 0 Å².